The zero-order chi connectivity index (χ0) is 15.4. The van der Waals surface area contributed by atoms with Gasteiger partial charge >= 0.3 is 0 Å². The lowest BCUT2D eigenvalue weighted by Gasteiger charge is -2.11. The summed E-state index contributed by atoms with van der Waals surface area (Å²) in [7, 11) is 0. The number of fused-ring (bicyclic) bond motifs is 1. The van der Waals surface area contributed by atoms with Crippen molar-refractivity contribution < 1.29 is 4.79 Å². The molecule has 3 rings (SSSR count). The summed E-state index contributed by atoms with van der Waals surface area (Å²) >= 11 is 3.07. The number of nitrogens with zero attached hydrogens (tertiary/aromatic N) is 2. The molecule has 2 heterocycles. The third kappa shape index (κ3) is 3.45. The van der Waals surface area contributed by atoms with Crippen molar-refractivity contribution in [1.29, 1.82) is 0 Å². The molecule has 1 N–H and O–H groups in total. The van der Waals surface area contributed by atoms with E-state index < -0.39 is 0 Å². The number of amides is 1. The van der Waals surface area contributed by atoms with Crippen LogP contribution in [0.1, 0.15) is 12.5 Å². The minimum atomic E-state index is -0.205. The average molecular weight is 329 g/mol. The van der Waals surface area contributed by atoms with E-state index in [0.29, 0.717) is 6.54 Å². The van der Waals surface area contributed by atoms with E-state index in [1.807, 2.05) is 48.7 Å². The second-order valence-electron chi connectivity index (χ2n) is 4.78. The molecule has 0 aliphatic carbocycles. The number of hydrogen-bond donors (Lipinski definition) is 1. The number of hydrogen-bond acceptors (Lipinski definition) is 5. The van der Waals surface area contributed by atoms with E-state index in [1.54, 1.807) is 17.7 Å². The summed E-state index contributed by atoms with van der Waals surface area (Å²) in [5.74, 6) is 0.0113. The normalized spacial score (nSPS) is 12.2. The summed E-state index contributed by atoms with van der Waals surface area (Å²) in [4.78, 5) is 20.7. The van der Waals surface area contributed by atoms with Gasteiger partial charge in [0.2, 0.25) is 5.91 Å². The van der Waals surface area contributed by atoms with Crippen LogP contribution in [0, 0.1) is 0 Å². The second-order valence-corrected chi connectivity index (χ2v) is 7.02. The van der Waals surface area contributed by atoms with E-state index in [9.17, 15) is 4.79 Å². The first-order chi connectivity index (χ1) is 10.7. The Morgan fingerprint density at radius 2 is 2.09 bits per heavy atom. The van der Waals surface area contributed by atoms with Gasteiger partial charge in [-0.15, -0.1) is 11.3 Å². The Kier molecular flexibility index (Phi) is 4.70. The Balaban J connectivity index is 1.63. The van der Waals surface area contributed by atoms with Gasteiger partial charge in [-0.05, 0) is 23.9 Å². The predicted molar refractivity (Wildman–Crippen MR) is 91.0 cm³/mol. The van der Waals surface area contributed by atoms with Crippen LogP contribution < -0.4 is 5.32 Å². The highest BCUT2D eigenvalue weighted by molar-refractivity contribution is 8.00. The molecule has 0 aliphatic rings. The van der Waals surface area contributed by atoms with Crippen molar-refractivity contribution >= 4 is 39.2 Å². The Morgan fingerprint density at radius 1 is 1.27 bits per heavy atom. The van der Waals surface area contributed by atoms with E-state index >= 15 is 0 Å². The summed E-state index contributed by atoms with van der Waals surface area (Å²) in [5.41, 5.74) is 2.02. The van der Waals surface area contributed by atoms with Gasteiger partial charge < -0.3 is 5.32 Å². The van der Waals surface area contributed by atoms with Crippen molar-refractivity contribution in [1.82, 2.24) is 15.3 Å². The smallest absolute Gasteiger partial charge is 0.233 e. The van der Waals surface area contributed by atoms with Crippen LogP contribution in [0.25, 0.3) is 10.2 Å². The number of thioether (sulfide) groups is 1. The molecule has 0 saturated carbocycles. The molecule has 0 saturated heterocycles. The van der Waals surface area contributed by atoms with Crippen molar-refractivity contribution in [2.45, 2.75) is 23.7 Å². The van der Waals surface area contributed by atoms with E-state index in [4.69, 9.17) is 0 Å². The molecule has 4 nitrogen and oxygen atoms in total. The summed E-state index contributed by atoms with van der Waals surface area (Å²) < 4.78 is 1.04. The predicted octanol–water partition coefficient (Wildman–Crippen LogP) is 3.49. The number of benzene rings is 1. The average Bonchev–Trinajstić information content (AvgIpc) is 3.03. The minimum Gasteiger partial charge on any atom is -0.351 e. The fourth-order valence-corrected chi connectivity index (χ4v) is 3.86. The van der Waals surface area contributed by atoms with Crippen LogP contribution in [0.4, 0.5) is 0 Å². The van der Waals surface area contributed by atoms with Gasteiger partial charge in [0.05, 0.1) is 15.5 Å². The highest BCUT2D eigenvalue weighted by Gasteiger charge is 2.17. The SMILES string of the molecule is CC(Sc1ncnc2ccsc12)C(=O)NCc1ccccc1. The molecular weight excluding hydrogens is 314 g/mol. The molecule has 1 amide bonds. The van der Waals surface area contributed by atoms with Gasteiger partial charge in [-0.25, -0.2) is 9.97 Å². The lowest BCUT2D eigenvalue weighted by molar-refractivity contribution is -0.120. The van der Waals surface area contributed by atoms with E-state index in [1.165, 1.54) is 11.8 Å². The molecule has 22 heavy (non-hydrogen) atoms. The molecule has 0 fully saturated rings. The van der Waals surface area contributed by atoms with Gasteiger partial charge in [0.25, 0.3) is 0 Å². The molecule has 6 heteroatoms. The van der Waals surface area contributed by atoms with Crippen LogP contribution in [0.3, 0.4) is 0 Å². The Morgan fingerprint density at radius 3 is 2.91 bits per heavy atom. The molecule has 0 radical (unpaired) electrons. The Labute approximate surface area is 137 Å². The number of carbonyl (C=O) groups is 1. The van der Waals surface area contributed by atoms with Gasteiger partial charge in [-0.2, -0.15) is 0 Å². The van der Waals surface area contributed by atoms with Crippen LogP contribution >= 0.6 is 23.1 Å². The Bertz CT molecular complexity index is 773. The highest BCUT2D eigenvalue weighted by atomic mass is 32.2. The third-order valence-corrected chi connectivity index (χ3v) is 5.32. The molecule has 3 aromatic rings. The van der Waals surface area contributed by atoms with Crippen molar-refractivity contribution in [3.05, 3.63) is 53.7 Å². The lowest BCUT2D eigenvalue weighted by atomic mass is 10.2. The number of aromatic nitrogens is 2. The number of nitrogens with one attached hydrogen (secondary N) is 1. The van der Waals surface area contributed by atoms with Gasteiger partial charge in [0, 0.05) is 6.54 Å². The zero-order valence-corrected chi connectivity index (χ0v) is 13.7. The first kappa shape index (κ1) is 15.0. The standard InChI is InChI=1S/C16H15N3OS2/c1-11(15(20)17-9-12-5-3-2-4-6-12)22-16-14-13(7-8-21-14)18-10-19-16/h2-8,10-11H,9H2,1H3,(H,17,20). The molecule has 0 aliphatic heterocycles. The van der Waals surface area contributed by atoms with Crippen LogP contribution in [0.15, 0.2) is 53.1 Å². The minimum absolute atomic E-state index is 0.0113. The zero-order valence-electron chi connectivity index (χ0n) is 12.0. The van der Waals surface area contributed by atoms with Crippen molar-refractivity contribution in [2.24, 2.45) is 0 Å². The summed E-state index contributed by atoms with van der Waals surface area (Å²) in [6.07, 6.45) is 1.55. The summed E-state index contributed by atoms with van der Waals surface area (Å²) in [6, 6.07) is 11.9. The molecule has 0 spiro atoms. The topological polar surface area (TPSA) is 54.9 Å². The maximum atomic E-state index is 12.2. The van der Waals surface area contributed by atoms with Crippen molar-refractivity contribution in [3.8, 4) is 0 Å². The van der Waals surface area contributed by atoms with Gasteiger partial charge in [0.15, 0.2) is 0 Å². The fraction of sp³-hybridized carbons (Fsp3) is 0.188. The maximum Gasteiger partial charge on any atom is 0.233 e. The summed E-state index contributed by atoms with van der Waals surface area (Å²) in [5, 5.41) is 5.61. The third-order valence-electron chi connectivity index (χ3n) is 3.18. The Hall–Kier alpha value is -1.92. The van der Waals surface area contributed by atoms with Crippen LogP contribution in [-0.2, 0) is 11.3 Å². The van der Waals surface area contributed by atoms with Crippen LogP contribution in [-0.4, -0.2) is 21.1 Å². The largest absolute Gasteiger partial charge is 0.351 e. The molecule has 2 aromatic heterocycles. The molecule has 1 unspecified atom stereocenters. The van der Waals surface area contributed by atoms with Crippen molar-refractivity contribution in [3.63, 3.8) is 0 Å². The van der Waals surface area contributed by atoms with Gasteiger partial charge in [0.1, 0.15) is 11.4 Å². The van der Waals surface area contributed by atoms with E-state index in [-0.39, 0.29) is 11.2 Å². The summed E-state index contributed by atoms with van der Waals surface area (Å²) in [6.45, 7) is 2.44. The molecule has 1 aromatic carbocycles. The van der Waals surface area contributed by atoms with Gasteiger partial charge in [-0.3, -0.25) is 4.79 Å². The quantitative estimate of drug-likeness (QED) is 0.575. The first-order valence-electron chi connectivity index (χ1n) is 6.90. The molecular formula is C16H15N3OS2. The highest BCUT2D eigenvalue weighted by Crippen LogP contribution is 2.31. The molecule has 112 valence electrons. The van der Waals surface area contributed by atoms with E-state index in [0.717, 1.165) is 20.8 Å². The van der Waals surface area contributed by atoms with Crippen LogP contribution in [0.5, 0.6) is 0 Å². The monoisotopic (exact) mass is 329 g/mol. The second kappa shape index (κ2) is 6.89. The first-order valence-corrected chi connectivity index (χ1v) is 8.66. The van der Waals surface area contributed by atoms with E-state index in [2.05, 4.69) is 15.3 Å². The molecule has 0 bridgehead atoms. The maximum absolute atomic E-state index is 12.2. The number of thiophene rings is 1. The number of carbonyl (C=O) groups excluding carboxylic acids is 1. The van der Waals surface area contributed by atoms with Crippen molar-refractivity contribution in [2.75, 3.05) is 0 Å². The molecule has 1 atom stereocenters. The number of rotatable bonds is 5. The lowest BCUT2D eigenvalue weighted by Crippen LogP contribution is -2.30. The van der Waals surface area contributed by atoms with Crippen LogP contribution in [0.2, 0.25) is 0 Å². The fourth-order valence-electron chi connectivity index (χ4n) is 2.00. The van der Waals surface area contributed by atoms with Gasteiger partial charge in [-0.1, -0.05) is 42.1 Å².